The molecule has 1 heterocycles. The fourth-order valence-corrected chi connectivity index (χ4v) is 5.14. The lowest BCUT2D eigenvalue weighted by Gasteiger charge is -2.31. The van der Waals surface area contributed by atoms with Crippen LogP contribution in [0.25, 0.3) is 0 Å². The van der Waals surface area contributed by atoms with Crippen molar-refractivity contribution in [3.63, 3.8) is 0 Å². The van der Waals surface area contributed by atoms with Gasteiger partial charge in [-0.25, -0.2) is 13.6 Å². The van der Waals surface area contributed by atoms with Gasteiger partial charge in [0.15, 0.2) is 0 Å². The smallest absolute Gasteiger partial charge is 0.342 e. The maximum Gasteiger partial charge on any atom is 0.342 e. The van der Waals surface area contributed by atoms with E-state index in [2.05, 4.69) is 6.92 Å². The van der Waals surface area contributed by atoms with Crippen molar-refractivity contribution in [1.29, 1.82) is 0 Å². The average molecular weight is 429 g/mol. The molecule has 1 unspecified atom stereocenters. The van der Waals surface area contributed by atoms with Crippen molar-refractivity contribution in [2.45, 2.75) is 70.8 Å². The molecule has 0 spiro atoms. The number of benzene rings is 2. The highest BCUT2D eigenvalue weighted by Crippen LogP contribution is 2.41. The molecule has 0 radical (unpaired) electrons. The highest BCUT2D eigenvalue weighted by Gasteiger charge is 2.34. The van der Waals surface area contributed by atoms with Crippen molar-refractivity contribution in [2.75, 3.05) is 6.61 Å². The first-order valence-corrected chi connectivity index (χ1v) is 11.5. The zero-order valence-corrected chi connectivity index (χ0v) is 18.3. The third-order valence-corrected chi connectivity index (χ3v) is 6.73. The summed E-state index contributed by atoms with van der Waals surface area (Å²) < 4.78 is 40.8. The quantitative estimate of drug-likeness (QED) is 0.470. The molecule has 1 aliphatic carbocycles. The molecule has 0 saturated heterocycles. The van der Waals surface area contributed by atoms with Crippen LogP contribution in [0.2, 0.25) is 0 Å². The van der Waals surface area contributed by atoms with E-state index in [-0.39, 0.29) is 23.5 Å². The van der Waals surface area contributed by atoms with E-state index in [1.54, 1.807) is 12.1 Å². The summed E-state index contributed by atoms with van der Waals surface area (Å²) in [6.07, 6.45) is 6.03. The molecule has 2 aliphatic rings. The van der Waals surface area contributed by atoms with Gasteiger partial charge < -0.3 is 9.47 Å². The first kappa shape index (κ1) is 21.8. The number of hydrogen-bond acceptors (Lipinski definition) is 3. The summed E-state index contributed by atoms with van der Waals surface area (Å²) >= 11 is 0. The maximum absolute atomic E-state index is 15.4. The molecule has 2 aromatic carbocycles. The third kappa shape index (κ3) is 4.46. The highest BCUT2D eigenvalue weighted by molar-refractivity contribution is 5.93. The molecule has 3 nitrogen and oxygen atoms in total. The van der Waals surface area contributed by atoms with Crippen molar-refractivity contribution in [1.82, 2.24) is 0 Å². The monoisotopic (exact) mass is 428 g/mol. The fraction of sp³-hybridized carbons (Fsp3) is 0.500. The minimum Gasteiger partial charge on any atom is -0.494 e. The Morgan fingerprint density at radius 3 is 2.45 bits per heavy atom. The second-order valence-corrected chi connectivity index (χ2v) is 8.72. The van der Waals surface area contributed by atoms with Crippen LogP contribution in [0.4, 0.5) is 8.78 Å². The second kappa shape index (κ2) is 9.37. The zero-order valence-electron chi connectivity index (χ0n) is 18.3. The summed E-state index contributed by atoms with van der Waals surface area (Å²) in [7, 11) is 0. The Bertz CT molecular complexity index is 948. The molecular weight excluding hydrogens is 398 g/mol. The Labute approximate surface area is 182 Å². The molecule has 1 saturated carbocycles. The van der Waals surface area contributed by atoms with E-state index in [4.69, 9.17) is 9.47 Å². The molecule has 4 rings (SSSR count). The van der Waals surface area contributed by atoms with Crippen LogP contribution in [0.1, 0.15) is 91.4 Å². The average Bonchev–Trinajstić information content (AvgIpc) is 2.75. The van der Waals surface area contributed by atoms with Crippen molar-refractivity contribution >= 4 is 5.97 Å². The molecule has 5 heteroatoms. The summed E-state index contributed by atoms with van der Waals surface area (Å²) in [5.41, 5.74) is 1.50. The molecule has 1 fully saturated rings. The Morgan fingerprint density at radius 2 is 1.77 bits per heavy atom. The number of ether oxygens (including phenoxy) is 2. The van der Waals surface area contributed by atoms with Crippen LogP contribution >= 0.6 is 0 Å². The van der Waals surface area contributed by atoms with Gasteiger partial charge in [0, 0.05) is 18.1 Å². The first-order chi connectivity index (χ1) is 15.0. The molecule has 1 aliphatic heterocycles. The molecule has 0 aromatic heterocycles. The Balaban J connectivity index is 1.55. The van der Waals surface area contributed by atoms with Crippen molar-refractivity contribution < 1.29 is 23.0 Å². The molecule has 1 atom stereocenters. The van der Waals surface area contributed by atoms with Crippen LogP contribution in [-0.4, -0.2) is 12.6 Å². The van der Waals surface area contributed by atoms with Crippen LogP contribution in [-0.2, 0) is 11.2 Å². The van der Waals surface area contributed by atoms with Crippen LogP contribution in [0.5, 0.6) is 5.75 Å². The van der Waals surface area contributed by atoms with E-state index in [1.807, 2.05) is 19.1 Å². The van der Waals surface area contributed by atoms with Crippen molar-refractivity contribution in [3.8, 4) is 5.75 Å². The van der Waals surface area contributed by atoms with Gasteiger partial charge in [-0.1, -0.05) is 31.9 Å². The Kier molecular flexibility index (Phi) is 6.59. The second-order valence-electron chi connectivity index (χ2n) is 8.72. The van der Waals surface area contributed by atoms with Gasteiger partial charge in [-0.2, -0.15) is 0 Å². The zero-order chi connectivity index (χ0) is 22.0. The molecule has 2 aromatic rings. The molecule has 0 amide bonds. The van der Waals surface area contributed by atoms with E-state index in [0.29, 0.717) is 23.5 Å². The van der Waals surface area contributed by atoms with E-state index in [9.17, 15) is 9.18 Å². The number of carbonyl (C=O) groups is 1. The van der Waals surface area contributed by atoms with Gasteiger partial charge in [-0.3, -0.25) is 0 Å². The fourth-order valence-electron chi connectivity index (χ4n) is 5.14. The molecule has 31 heavy (non-hydrogen) atoms. The Morgan fingerprint density at radius 1 is 1.03 bits per heavy atom. The van der Waals surface area contributed by atoms with Crippen LogP contribution in [0, 0.1) is 17.6 Å². The summed E-state index contributed by atoms with van der Waals surface area (Å²) in [5.74, 6) is -0.349. The van der Waals surface area contributed by atoms with Gasteiger partial charge in [0.05, 0.1) is 12.2 Å². The summed E-state index contributed by atoms with van der Waals surface area (Å²) in [4.78, 5) is 12.7. The predicted molar refractivity (Wildman–Crippen MR) is 115 cm³/mol. The molecule has 0 bridgehead atoms. The number of fused-ring (bicyclic) bond motifs is 1. The van der Waals surface area contributed by atoms with Crippen molar-refractivity contribution in [3.05, 3.63) is 64.2 Å². The highest BCUT2D eigenvalue weighted by atomic mass is 19.1. The number of halogens is 2. The van der Waals surface area contributed by atoms with Gasteiger partial charge in [-0.15, -0.1) is 0 Å². The van der Waals surface area contributed by atoms with E-state index in [0.717, 1.165) is 31.6 Å². The first-order valence-electron chi connectivity index (χ1n) is 11.5. The number of carbonyl (C=O) groups excluding carboxylic acids is 1. The van der Waals surface area contributed by atoms with Gasteiger partial charge in [0.1, 0.15) is 23.5 Å². The number of esters is 1. The largest absolute Gasteiger partial charge is 0.494 e. The summed E-state index contributed by atoms with van der Waals surface area (Å²) in [5, 5.41) is 0. The van der Waals surface area contributed by atoms with E-state index >= 15 is 4.39 Å². The number of hydrogen-bond donors (Lipinski definition) is 0. The van der Waals surface area contributed by atoms with E-state index < -0.39 is 23.7 Å². The minimum absolute atomic E-state index is 0.0239. The van der Waals surface area contributed by atoms with Gasteiger partial charge in [-0.05, 0) is 67.7 Å². The summed E-state index contributed by atoms with van der Waals surface area (Å²) in [6.45, 7) is 4.46. The van der Waals surface area contributed by atoms with Crippen LogP contribution in [0.3, 0.4) is 0 Å². The minimum atomic E-state index is -0.773. The Hall–Kier alpha value is -2.43. The lowest BCUT2D eigenvalue weighted by Crippen LogP contribution is -2.25. The van der Waals surface area contributed by atoms with Crippen LogP contribution in [0.15, 0.2) is 30.3 Å². The van der Waals surface area contributed by atoms with Crippen molar-refractivity contribution in [2.24, 2.45) is 5.92 Å². The SMILES string of the molecule is CCCC1CCC(c2ccc3c(c2F)C(=O)OC(c2ccc(OCC)cc2F)C3)CC1. The number of rotatable bonds is 6. The standard InChI is InChI=1S/C26H30F2O3/c1-3-5-16-6-8-17(9-7-16)20-12-10-18-14-23(31-26(29)24(18)25(20)28)21-13-11-19(30-4-2)15-22(21)27/h10-13,15-17,23H,3-9,14H2,1-2H3. The topological polar surface area (TPSA) is 35.5 Å². The van der Waals surface area contributed by atoms with Crippen LogP contribution < -0.4 is 4.74 Å². The van der Waals surface area contributed by atoms with Gasteiger partial charge in [0.25, 0.3) is 0 Å². The van der Waals surface area contributed by atoms with E-state index in [1.165, 1.54) is 18.9 Å². The predicted octanol–water partition coefficient (Wildman–Crippen LogP) is 6.89. The van der Waals surface area contributed by atoms with Gasteiger partial charge >= 0.3 is 5.97 Å². The normalized spacial score (nSPS) is 23.2. The molecule has 166 valence electrons. The summed E-state index contributed by atoms with van der Waals surface area (Å²) in [6, 6.07) is 8.17. The lowest BCUT2D eigenvalue weighted by molar-refractivity contribution is 0.0237. The third-order valence-electron chi connectivity index (χ3n) is 6.73. The number of cyclic esters (lactones) is 1. The molecular formula is C26H30F2O3. The molecule has 0 N–H and O–H groups in total. The maximum atomic E-state index is 15.4. The van der Waals surface area contributed by atoms with Gasteiger partial charge in [0.2, 0.25) is 0 Å². The lowest BCUT2D eigenvalue weighted by atomic mass is 9.76.